The van der Waals surface area contributed by atoms with E-state index in [-0.39, 0.29) is 0 Å². The highest BCUT2D eigenvalue weighted by Crippen LogP contribution is 2.14. The second kappa shape index (κ2) is 6.49. The monoisotopic (exact) mass is 284 g/mol. The summed E-state index contributed by atoms with van der Waals surface area (Å²) in [6.07, 6.45) is 5.64. The third kappa shape index (κ3) is 3.46. The van der Waals surface area contributed by atoms with Crippen LogP contribution in [0.1, 0.15) is 5.56 Å². The van der Waals surface area contributed by atoms with Gasteiger partial charge in [0.1, 0.15) is 5.82 Å². The maximum atomic E-state index is 4.41. The quantitative estimate of drug-likeness (QED) is 0.911. The van der Waals surface area contributed by atoms with Gasteiger partial charge in [-0.05, 0) is 12.1 Å². The van der Waals surface area contributed by atoms with Crippen molar-refractivity contribution in [2.75, 3.05) is 43.4 Å². The number of rotatable bonds is 4. The van der Waals surface area contributed by atoms with Crippen LogP contribution in [0.5, 0.6) is 0 Å². The first-order chi connectivity index (χ1) is 10.3. The van der Waals surface area contributed by atoms with Gasteiger partial charge in [-0.2, -0.15) is 0 Å². The zero-order valence-corrected chi connectivity index (χ0v) is 12.2. The van der Waals surface area contributed by atoms with E-state index in [1.54, 1.807) is 0 Å². The van der Waals surface area contributed by atoms with E-state index in [1.165, 1.54) is 0 Å². The highest BCUT2D eigenvalue weighted by atomic mass is 15.3. The van der Waals surface area contributed by atoms with E-state index in [1.807, 2.05) is 37.8 Å². The second-order valence-electron chi connectivity index (χ2n) is 5.12. The molecule has 0 unspecified atom stereocenters. The molecule has 0 spiro atoms. The van der Waals surface area contributed by atoms with Gasteiger partial charge in [-0.3, -0.25) is 4.90 Å². The minimum Gasteiger partial charge on any atom is -0.357 e. The van der Waals surface area contributed by atoms with Crippen LogP contribution in [-0.4, -0.2) is 53.1 Å². The van der Waals surface area contributed by atoms with Crippen molar-refractivity contribution in [3.8, 4) is 0 Å². The maximum Gasteiger partial charge on any atom is 0.222 e. The van der Waals surface area contributed by atoms with Crippen LogP contribution in [-0.2, 0) is 6.54 Å². The lowest BCUT2D eigenvalue weighted by atomic mass is 10.2. The smallest absolute Gasteiger partial charge is 0.222 e. The topological polar surface area (TPSA) is 57.2 Å². The van der Waals surface area contributed by atoms with Gasteiger partial charge in [-0.1, -0.05) is 6.07 Å². The Labute approximate surface area is 124 Å². The molecule has 6 nitrogen and oxygen atoms in total. The minimum atomic E-state index is 0.665. The molecule has 1 N–H and O–H groups in total. The van der Waals surface area contributed by atoms with Crippen molar-refractivity contribution >= 4 is 11.8 Å². The van der Waals surface area contributed by atoms with Crippen LogP contribution < -0.4 is 10.2 Å². The Balaban J connectivity index is 1.53. The molecule has 3 heterocycles. The first kappa shape index (κ1) is 13.8. The zero-order chi connectivity index (χ0) is 14.5. The number of hydrogen-bond donors (Lipinski definition) is 1. The number of nitrogens with zero attached hydrogens (tertiary/aromatic N) is 5. The molecule has 2 aromatic heterocycles. The van der Waals surface area contributed by atoms with Crippen molar-refractivity contribution in [3.63, 3.8) is 0 Å². The van der Waals surface area contributed by atoms with Gasteiger partial charge in [0.2, 0.25) is 5.95 Å². The zero-order valence-electron chi connectivity index (χ0n) is 12.2. The summed E-state index contributed by atoms with van der Waals surface area (Å²) in [6, 6.07) is 6.06. The van der Waals surface area contributed by atoms with E-state index in [2.05, 4.69) is 36.1 Å². The molecule has 1 saturated heterocycles. The van der Waals surface area contributed by atoms with Crippen LogP contribution in [0.15, 0.2) is 36.8 Å². The number of pyridine rings is 1. The molecule has 1 fully saturated rings. The second-order valence-corrected chi connectivity index (χ2v) is 5.12. The molecule has 0 amide bonds. The summed E-state index contributed by atoms with van der Waals surface area (Å²) in [5.74, 6) is 1.73. The first-order valence-corrected chi connectivity index (χ1v) is 7.22. The molecule has 0 saturated carbocycles. The summed E-state index contributed by atoms with van der Waals surface area (Å²) < 4.78 is 0. The largest absolute Gasteiger partial charge is 0.357 e. The van der Waals surface area contributed by atoms with Gasteiger partial charge in [0, 0.05) is 63.9 Å². The highest BCUT2D eigenvalue weighted by molar-refractivity contribution is 5.38. The molecule has 110 valence electrons. The van der Waals surface area contributed by atoms with Crippen molar-refractivity contribution in [1.82, 2.24) is 19.9 Å². The average molecular weight is 284 g/mol. The van der Waals surface area contributed by atoms with Gasteiger partial charge >= 0.3 is 0 Å². The highest BCUT2D eigenvalue weighted by Gasteiger charge is 2.17. The van der Waals surface area contributed by atoms with Gasteiger partial charge in [-0.15, -0.1) is 0 Å². The Morgan fingerprint density at radius 3 is 2.43 bits per heavy atom. The number of nitrogens with one attached hydrogen (secondary N) is 1. The third-order valence-electron chi connectivity index (χ3n) is 3.68. The molecule has 2 aromatic rings. The van der Waals surface area contributed by atoms with Gasteiger partial charge in [0.25, 0.3) is 0 Å². The Kier molecular flexibility index (Phi) is 4.25. The summed E-state index contributed by atoms with van der Waals surface area (Å²) in [5.41, 5.74) is 1.15. The molecule has 0 atom stereocenters. The van der Waals surface area contributed by atoms with Crippen LogP contribution in [0.3, 0.4) is 0 Å². The number of piperazine rings is 1. The van der Waals surface area contributed by atoms with Crippen molar-refractivity contribution in [3.05, 3.63) is 42.4 Å². The van der Waals surface area contributed by atoms with E-state index in [0.717, 1.165) is 44.1 Å². The standard InChI is InChI=1S/C15H20N6/c1-16-15-18-10-13(11-19-15)12-20-6-8-21(9-7-20)14-4-2-3-5-17-14/h2-5,10-11H,6-9,12H2,1H3,(H,16,18,19). The van der Waals surface area contributed by atoms with Gasteiger partial charge < -0.3 is 10.2 Å². The fourth-order valence-corrected chi connectivity index (χ4v) is 2.50. The molecule has 0 aromatic carbocycles. The van der Waals surface area contributed by atoms with Gasteiger partial charge in [0.15, 0.2) is 0 Å². The van der Waals surface area contributed by atoms with Crippen molar-refractivity contribution in [1.29, 1.82) is 0 Å². The summed E-state index contributed by atoms with van der Waals surface area (Å²) in [5, 5.41) is 2.93. The molecule has 0 aliphatic carbocycles. The predicted molar refractivity (Wildman–Crippen MR) is 83.3 cm³/mol. The van der Waals surface area contributed by atoms with Gasteiger partial charge in [0.05, 0.1) is 0 Å². The van der Waals surface area contributed by atoms with E-state index in [4.69, 9.17) is 0 Å². The van der Waals surface area contributed by atoms with E-state index < -0.39 is 0 Å². The third-order valence-corrected chi connectivity index (χ3v) is 3.68. The molecule has 0 radical (unpaired) electrons. The summed E-state index contributed by atoms with van der Waals surface area (Å²) >= 11 is 0. The lowest BCUT2D eigenvalue weighted by molar-refractivity contribution is 0.249. The molecule has 1 aliphatic heterocycles. The first-order valence-electron chi connectivity index (χ1n) is 7.22. The van der Waals surface area contributed by atoms with Crippen LogP contribution >= 0.6 is 0 Å². The fourth-order valence-electron chi connectivity index (χ4n) is 2.50. The molecule has 0 bridgehead atoms. The van der Waals surface area contributed by atoms with E-state index in [9.17, 15) is 0 Å². The minimum absolute atomic E-state index is 0.665. The molecule has 3 rings (SSSR count). The molecule has 1 aliphatic rings. The molecule has 6 heteroatoms. The molecular weight excluding hydrogens is 264 g/mol. The Bertz CT molecular complexity index is 548. The normalized spacial score (nSPS) is 16.0. The average Bonchev–Trinajstić information content (AvgIpc) is 2.57. The summed E-state index contributed by atoms with van der Waals surface area (Å²) in [6.45, 7) is 4.98. The Morgan fingerprint density at radius 1 is 1.05 bits per heavy atom. The van der Waals surface area contributed by atoms with E-state index in [0.29, 0.717) is 5.95 Å². The van der Waals surface area contributed by atoms with Gasteiger partial charge in [-0.25, -0.2) is 15.0 Å². The molecule has 21 heavy (non-hydrogen) atoms. The Morgan fingerprint density at radius 2 is 1.81 bits per heavy atom. The molecular formula is C15H20N6. The predicted octanol–water partition coefficient (Wildman–Crippen LogP) is 1.24. The van der Waals surface area contributed by atoms with Crippen molar-refractivity contribution in [2.45, 2.75) is 6.54 Å². The number of anilines is 2. The lowest BCUT2D eigenvalue weighted by Gasteiger charge is -2.35. The van der Waals surface area contributed by atoms with Crippen LogP contribution in [0, 0.1) is 0 Å². The van der Waals surface area contributed by atoms with Crippen molar-refractivity contribution in [2.24, 2.45) is 0 Å². The SMILES string of the molecule is CNc1ncc(CN2CCN(c3ccccn3)CC2)cn1. The maximum absolute atomic E-state index is 4.41. The van der Waals surface area contributed by atoms with E-state index >= 15 is 0 Å². The van der Waals surface area contributed by atoms with Crippen molar-refractivity contribution < 1.29 is 0 Å². The van der Waals surface area contributed by atoms with Crippen LogP contribution in [0.25, 0.3) is 0 Å². The lowest BCUT2D eigenvalue weighted by Crippen LogP contribution is -2.46. The summed E-state index contributed by atoms with van der Waals surface area (Å²) in [7, 11) is 1.83. The van der Waals surface area contributed by atoms with Crippen LogP contribution in [0.2, 0.25) is 0 Å². The fraction of sp³-hybridized carbons (Fsp3) is 0.400. The van der Waals surface area contributed by atoms with Crippen LogP contribution in [0.4, 0.5) is 11.8 Å². The summed E-state index contributed by atoms with van der Waals surface area (Å²) in [4.78, 5) is 17.7. The number of hydrogen-bond acceptors (Lipinski definition) is 6. The Hall–Kier alpha value is -2.21. The number of aromatic nitrogens is 3.